The van der Waals surface area contributed by atoms with Crippen molar-refractivity contribution in [3.63, 3.8) is 0 Å². The maximum Gasteiger partial charge on any atom is 0.245 e. The number of sulfonamides is 1. The molecule has 1 saturated heterocycles. The Labute approximate surface area is 138 Å². The Balaban J connectivity index is 1.51. The summed E-state index contributed by atoms with van der Waals surface area (Å²) in [5.74, 6) is 0.772. The van der Waals surface area contributed by atoms with Gasteiger partial charge in [-0.05, 0) is 58.5 Å². The van der Waals surface area contributed by atoms with E-state index in [1.165, 1.54) is 25.7 Å². The topological polar surface area (TPSA) is 75.4 Å². The molecule has 1 N–H and O–H groups in total. The second-order valence-electron chi connectivity index (χ2n) is 6.92. The van der Waals surface area contributed by atoms with Crippen molar-refractivity contribution < 1.29 is 12.9 Å². The summed E-state index contributed by atoms with van der Waals surface area (Å²) in [5.41, 5.74) is 0.422. The Hall–Kier alpha value is -0.920. The zero-order chi connectivity index (χ0) is 16.4. The fraction of sp³-hybridized carbons (Fsp3) is 0.812. The maximum absolute atomic E-state index is 12.4. The summed E-state index contributed by atoms with van der Waals surface area (Å²) < 4.78 is 32.6. The van der Waals surface area contributed by atoms with Crippen LogP contribution in [0.2, 0.25) is 0 Å². The Morgan fingerprint density at radius 3 is 2.39 bits per heavy atom. The second kappa shape index (κ2) is 6.91. The zero-order valence-electron chi connectivity index (χ0n) is 14.0. The van der Waals surface area contributed by atoms with Crippen molar-refractivity contribution in [2.45, 2.75) is 63.3 Å². The molecular formula is C16H27N3O3S. The van der Waals surface area contributed by atoms with E-state index in [0.29, 0.717) is 23.9 Å². The van der Waals surface area contributed by atoms with Gasteiger partial charge in [-0.15, -0.1) is 0 Å². The molecule has 0 aromatic carbocycles. The molecule has 2 heterocycles. The van der Waals surface area contributed by atoms with Crippen molar-refractivity contribution in [3.05, 3.63) is 11.5 Å². The largest absolute Gasteiger partial charge is 0.360 e. The summed E-state index contributed by atoms with van der Waals surface area (Å²) in [6, 6.07) is 0.773. The summed E-state index contributed by atoms with van der Waals surface area (Å²) in [6.45, 7) is 6.00. The molecule has 1 aromatic rings. The van der Waals surface area contributed by atoms with E-state index < -0.39 is 10.0 Å². The van der Waals surface area contributed by atoms with Crippen molar-refractivity contribution in [3.8, 4) is 0 Å². The van der Waals surface area contributed by atoms with E-state index >= 15 is 0 Å². The third-order valence-electron chi connectivity index (χ3n) is 5.29. The minimum Gasteiger partial charge on any atom is -0.360 e. The Kier molecular flexibility index (Phi) is 5.08. The van der Waals surface area contributed by atoms with Crippen LogP contribution in [-0.2, 0) is 10.0 Å². The van der Waals surface area contributed by atoms with Gasteiger partial charge in [0.05, 0.1) is 0 Å². The fourth-order valence-corrected chi connectivity index (χ4v) is 5.39. The Morgan fingerprint density at radius 2 is 1.83 bits per heavy atom. The van der Waals surface area contributed by atoms with Crippen molar-refractivity contribution in [2.75, 3.05) is 19.6 Å². The van der Waals surface area contributed by atoms with Crippen LogP contribution < -0.4 is 4.72 Å². The number of piperidine rings is 1. The van der Waals surface area contributed by atoms with Gasteiger partial charge >= 0.3 is 0 Å². The number of nitrogens with zero attached hydrogens (tertiary/aromatic N) is 2. The van der Waals surface area contributed by atoms with E-state index in [1.54, 1.807) is 13.8 Å². The lowest BCUT2D eigenvalue weighted by molar-refractivity contribution is 0.135. The molecule has 130 valence electrons. The Morgan fingerprint density at radius 1 is 1.17 bits per heavy atom. The van der Waals surface area contributed by atoms with Gasteiger partial charge in [-0.3, -0.25) is 0 Å². The lowest BCUT2D eigenvalue weighted by Gasteiger charge is -2.36. The number of aromatic nitrogens is 1. The lowest BCUT2D eigenvalue weighted by Crippen LogP contribution is -2.42. The average Bonchev–Trinajstić information content (AvgIpc) is 3.16. The molecule has 23 heavy (non-hydrogen) atoms. The van der Waals surface area contributed by atoms with Gasteiger partial charge in [0, 0.05) is 12.6 Å². The summed E-state index contributed by atoms with van der Waals surface area (Å²) in [6.07, 6.45) is 7.54. The summed E-state index contributed by atoms with van der Waals surface area (Å²) in [5, 5.41) is 3.73. The summed E-state index contributed by atoms with van der Waals surface area (Å²) >= 11 is 0. The van der Waals surface area contributed by atoms with Gasteiger partial charge in [0.15, 0.2) is 5.76 Å². The molecule has 0 amide bonds. The van der Waals surface area contributed by atoms with Crippen LogP contribution in [0.25, 0.3) is 0 Å². The first-order valence-corrected chi connectivity index (χ1v) is 10.1. The normalized spacial score (nSPS) is 22.0. The first-order valence-electron chi connectivity index (χ1n) is 8.64. The minimum absolute atomic E-state index is 0.195. The molecule has 0 bridgehead atoms. The highest BCUT2D eigenvalue weighted by Crippen LogP contribution is 2.28. The highest BCUT2D eigenvalue weighted by atomic mass is 32.2. The van der Waals surface area contributed by atoms with Crippen LogP contribution in [0.3, 0.4) is 0 Å². The van der Waals surface area contributed by atoms with E-state index in [4.69, 9.17) is 4.52 Å². The monoisotopic (exact) mass is 341 g/mol. The van der Waals surface area contributed by atoms with Crippen LogP contribution >= 0.6 is 0 Å². The van der Waals surface area contributed by atoms with Crippen LogP contribution in [-0.4, -0.2) is 44.2 Å². The summed E-state index contributed by atoms with van der Waals surface area (Å²) in [4.78, 5) is 2.80. The molecule has 1 aliphatic carbocycles. The van der Waals surface area contributed by atoms with E-state index in [0.717, 1.165) is 32.0 Å². The summed E-state index contributed by atoms with van der Waals surface area (Å²) in [7, 11) is -3.53. The molecule has 0 atom stereocenters. The number of rotatable bonds is 5. The molecule has 0 spiro atoms. The molecule has 1 aromatic heterocycles. The van der Waals surface area contributed by atoms with Crippen LogP contribution in [0.4, 0.5) is 0 Å². The van der Waals surface area contributed by atoms with Gasteiger partial charge in [0.1, 0.15) is 10.6 Å². The number of aryl methyl sites for hydroxylation is 2. The minimum atomic E-state index is -3.53. The second-order valence-corrected chi connectivity index (χ2v) is 8.63. The van der Waals surface area contributed by atoms with Crippen LogP contribution in [0.1, 0.15) is 50.0 Å². The van der Waals surface area contributed by atoms with Crippen molar-refractivity contribution in [1.82, 2.24) is 14.8 Å². The van der Waals surface area contributed by atoms with Gasteiger partial charge < -0.3 is 9.42 Å². The van der Waals surface area contributed by atoms with Crippen LogP contribution in [0.5, 0.6) is 0 Å². The van der Waals surface area contributed by atoms with E-state index in [2.05, 4.69) is 14.8 Å². The molecule has 0 radical (unpaired) electrons. The predicted octanol–water partition coefficient (Wildman–Crippen LogP) is 2.22. The molecule has 6 nitrogen and oxygen atoms in total. The lowest BCUT2D eigenvalue weighted by atomic mass is 9.96. The van der Waals surface area contributed by atoms with Crippen molar-refractivity contribution >= 4 is 10.0 Å². The highest BCUT2D eigenvalue weighted by Gasteiger charge is 2.29. The smallest absolute Gasteiger partial charge is 0.245 e. The van der Waals surface area contributed by atoms with Crippen molar-refractivity contribution in [2.24, 2.45) is 5.92 Å². The molecule has 2 aliphatic rings. The molecule has 1 aliphatic heterocycles. The van der Waals surface area contributed by atoms with Gasteiger partial charge in [0.25, 0.3) is 0 Å². The zero-order valence-corrected chi connectivity index (χ0v) is 14.9. The number of likely N-dealkylation sites (tertiary alicyclic amines) is 1. The highest BCUT2D eigenvalue weighted by molar-refractivity contribution is 7.89. The number of hydrogen-bond acceptors (Lipinski definition) is 5. The molecule has 3 rings (SSSR count). The third kappa shape index (κ3) is 3.78. The number of nitrogens with one attached hydrogen (secondary N) is 1. The first kappa shape index (κ1) is 16.9. The SMILES string of the molecule is Cc1noc(C)c1S(=O)(=O)NCC1CCN(C2CCCC2)CC1. The molecule has 7 heteroatoms. The van der Waals surface area contributed by atoms with Crippen LogP contribution in [0, 0.1) is 19.8 Å². The van der Waals surface area contributed by atoms with Gasteiger partial charge in [-0.1, -0.05) is 18.0 Å². The maximum atomic E-state index is 12.4. The van der Waals surface area contributed by atoms with E-state index in [-0.39, 0.29) is 4.90 Å². The number of hydrogen-bond donors (Lipinski definition) is 1. The molecule has 0 unspecified atom stereocenters. The predicted molar refractivity (Wildman–Crippen MR) is 87.7 cm³/mol. The fourth-order valence-electron chi connectivity index (χ4n) is 3.95. The van der Waals surface area contributed by atoms with Crippen molar-refractivity contribution in [1.29, 1.82) is 0 Å². The molecular weight excluding hydrogens is 314 g/mol. The van der Waals surface area contributed by atoms with Gasteiger partial charge in [0.2, 0.25) is 10.0 Å². The van der Waals surface area contributed by atoms with Crippen LogP contribution in [0.15, 0.2) is 9.42 Å². The quantitative estimate of drug-likeness (QED) is 0.889. The molecule has 2 fully saturated rings. The third-order valence-corrected chi connectivity index (χ3v) is 6.96. The van der Waals surface area contributed by atoms with E-state index in [9.17, 15) is 8.42 Å². The van der Waals surface area contributed by atoms with E-state index in [1.807, 2.05) is 0 Å². The van der Waals surface area contributed by atoms with Gasteiger partial charge in [-0.2, -0.15) is 0 Å². The average molecular weight is 341 g/mol. The molecule has 1 saturated carbocycles. The standard InChI is InChI=1S/C16H27N3O3S/c1-12-16(13(2)22-18-12)23(20,21)17-11-14-7-9-19(10-8-14)15-5-3-4-6-15/h14-15,17H,3-11H2,1-2H3. The Bertz CT molecular complexity index is 607. The van der Waals surface area contributed by atoms with Gasteiger partial charge in [-0.25, -0.2) is 13.1 Å². The first-order chi connectivity index (χ1) is 11.0.